The number of rotatable bonds is 1. The maximum atomic E-state index is 12.7. The third kappa shape index (κ3) is 2.81. The van der Waals surface area contributed by atoms with Crippen molar-refractivity contribution >= 4 is 16.9 Å². The second-order valence-electron chi connectivity index (χ2n) is 6.07. The van der Waals surface area contributed by atoms with E-state index in [0.29, 0.717) is 18.7 Å². The Bertz CT molecular complexity index is 719. The summed E-state index contributed by atoms with van der Waals surface area (Å²) in [4.78, 5) is 23.6. The number of hydrogen-bond acceptors (Lipinski definition) is 4. The van der Waals surface area contributed by atoms with E-state index in [0.717, 1.165) is 22.4 Å². The summed E-state index contributed by atoms with van der Waals surface area (Å²) in [6, 6.07) is 5.54. The van der Waals surface area contributed by atoms with Crippen molar-refractivity contribution in [3.05, 3.63) is 35.2 Å². The van der Waals surface area contributed by atoms with Crippen molar-refractivity contribution in [2.75, 3.05) is 13.1 Å². The number of amides is 1. The third-order valence-corrected chi connectivity index (χ3v) is 4.03. The van der Waals surface area contributed by atoms with Crippen LogP contribution >= 0.6 is 0 Å². The van der Waals surface area contributed by atoms with E-state index in [2.05, 4.69) is 9.97 Å². The molecule has 2 atom stereocenters. The van der Waals surface area contributed by atoms with Crippen molar-refractivity contribution in [1.82, 2.24) is 14.9 Å². The molecule has 1 aromatic carbocycles. The fourth-order valence-electron chi connectivity index (χ4n) is 2.89. The molecule has 1 amide bonds. The lowest BCUT2D eigenvalue weighted by molar-refractivity contribution is -0.0586. The predicted molar refractivity (Wildman–Crippen MR) is 84.9 cm³/mol. The van der Waals surface area contributed by atoms with Gasteiger partial charge < -0.3 is 9.64 Å². The topological polar surface area (TPSA) is 55.3 Å². The molecule has 2 aromatic rings. The molecule has 1 saturated heterocycles. The first-order chi connectivity index (χ1) is 10.4. The van der Waals surface area contributed by atoms with Crippen LogP contribution in [-0.4, -0.2) is 46.1 Å². The molecule has 1 aliphatic rings. The lowest BCUT2D eigenvalue weighted by Gasteiger charge is -2.35. The Balaban J connectivity index is 1.92. The highest BCUT2D eigenvalue weighted by Crippen LogP contribution is 2.18. The van der Waals surface area contributed by atoms with Gasteiger partial charge in [-0.3, -0.25) is 4.79 Å². The van der Waals surface area contributed by atoms with Crippen LogP contribution in [0, 0.1) is 13.8 Å². The molecule has 1 aromatic heterocycles. The molecule has 3 rings (SSSR count). The largest absolute Gasteiger partial charge is 0.372 e. The quantitative estimate of drug-likeness (QED) is 0.812. The molecule has 0 bridgehead atoms. The van der Waals surface area contributed by atoms with Crippen molar-refractivity contribution in [2.45, 2.75) is 39.9 Å². The number of nitrogens with zero attached hydrogens (tertiary/aromatic N) is 3. The molecule has 0 aliphatic carbocycles. The van der Waals surface area contributed by atoms with Crippen LogP contribution in [0.5, 0.6) is 0 Å². The third-order valence-electron chi connectivity index (χ3n) is 4.03. The van der Waals surface area contributed by atoms with Gasteiger partial charge in [0.2, 0.25) is 0 Å². The number of benzene rings is 1. The summed E-state index contributed by atoms with van der Waals surface area (Å²) in [5.41, 5.74) is 4.06. The van der Waals surface area contributed by atoms with Crippen LogP contribution in [0.3, 0.4) is 0 Å². The van der Waals surface area contributed by atoms with E-state index in [9.17, 15) is 4.79 Å². The van der Waals surface area contributed by atoms with Gasteiger partial charge in [-0.15, -0.1) is 0 Å². The van der Waals surface area contributed by atoms with Gasteiger partial charge >= 0.3 is 0 Å². The molecule has 1 aliphatic heterocycles. The van der Waals surface area contributed by atoms with Crippen LogP contribution in [0.15, 0.2) is 18.2 Å². The van der Waals surface area contributed by atoms with Crippen LogP contribution in [0.2, 0.25) is 0 Å². The summed E-state index contributed by atoms with van der Waals surface area (Å²) in [5.74, 6) is 0.0314. The molecule has 2 heterocycles. The zero-order valence-electron chi connectivity index (χ0n) is 13.5. The molecule has 0 spiro atoms. The Labute approximate surface area is 130 Å². The number of aryl methyl sites for hydroxylation is 2. The van der Waals surface area contributed by atoms with E-state index in [4.69, 9.17) is 4.74 Å². The minimum Gasteiger partial charge on any atom is -0.372 e. The van der Waals surface area contributed by atoms with Crippen molar-refractivity contribution < 1.29 is 9.53 Å². The number of carbonyl (C=O) groups excluding carboxylic acids is 1. The van der Waals surface area contributed by atoms with E-state index in [1.54, 1.807) is 0 Å². The minimum absolute atomic E-state index is 0.0314. The lowest BCUT2D eigenvalue weighted by Crippen LogP contribution is -2.48. The Kier molecular flexibility index (Phi) is 3.83. The Morgan fingerprint density at radius 1 is 1.09 bits per heavy atom. The maximum absolute atomic E-state index is 12.7. The molecule has 5 nitrogen and oxygen atoms in total. The average Bonchev–Trinajstić information content (AvgIpc) is 2.46. The van der Waals surface area contributed by atoms with Crippen molar-refractivity contribution in [1.29, 1.82) is 0 Å². The highest BCUT2D eigenvalue weighted by atomic mass is 16.5. The fraction of sp³-hybridized carbons (Fsp3) is 0.471. The van der Waals surface area contributed by atoms with Crippen molar-refractivity contribution in [2.24, 2.45) is 0 Å². The Hall–Kier alpha value is -2.01. The van der Waals surface area contributed by atoms with Gasteiger partial charge in [-0.05, 0) is 45.9 Å². The average molecular weight is 299 g/mol. The molecular formula is C17H21N3O2. The number of morpholine rings is 1. The van der Waals surface area contributed by atoms with Crippen LogP contribution in [0.25, 0.3) is 11.0 Å². The number of ether oxygens (including phenoxy) is 1. The summed E-state index contributed by atoms with van der Waals surface area (Å²) in [5, 5.41) is 0. The molecular weight excluding hydrogens is 278 g/mol. The van der Waals surface area contributed by atoms with Gasteiger partial charge in [-0.2, -0.15) is 0 Å². The molecule has 116 valence electrons. The number of hydrogen-bond donors (Lipinski definition) is 0. The van der Waals surface area contributed by atoms with Crippen LogP contribution < -0.4 is 0 Å². The van der Waals surface area contributed by atoms with Gasteiger partial charge in [0.15, 0.2) is 0 Å². The summed E-state index contributed by atoms with van der Waals surface area (Å²) in [6.07, 6.45) is 0.135. The smallest absolute Gasteiger partial charge is 0.254 e. The molecule has 0 saturated carbocycles. The van der Waals surface area contributed by atoms with Crippen molar-refractivity contribution in [3.63, 3.8) is 0 Å². The van der Waals surface area contributed by atoms with E-state index < -0.39 is 0 Å². The van der Waals surface area contributed by atoms with E-state index in [-0.39, 0.29) is 18.1 Å². The summed E-state index contributed by atoms with van der Waals surface area (Å²) >= 11 is 0. The highest BCUT2D eigenvalue weighted by molar-refractivity contribution is 5.97. The van der Waals surface area contributed by atoms with Crippen LogP contribution in [0.1, 0.15) is 35.6 Å². The van der Waals surface area contributed by atoms with Gasteiger partial charge in [0.25, 0.3) is 5.91 Å². The zero-order valence-corrected chi connectivity index (χ0v) is 13.5. The number of aromatic nitrogens is 2. The molecule has 1 fully saturated rings. The second kappa shape index (κ2) is 5.65. The number of carbonyl (C=O) groups is 1. The SMILES string of the molecule is Cc1nc2ccc(C(=O)N3C[C@@H](C)O[C@H](C)C3)cc2nc1C. The van der Waals surface area contributed by atoms with Gasteiger partial charge in [-0.1, -0.05) is 0 Å². The lowest BCUT2D eigenvalue weighted by atomic mass is 10.1. The zero-order chi connectivity index (χ0) is 15.9. The van der Waals surface area contributed by atoms with Gasteiger partial charge in [-0.25, -0.2) is 9.97 Å². The summed E-state index contributed by atoms with van der Waals surface area (Å²) in [7, 11) is 0. The molecule has 0 unspecified atom stereocenters. The first kappa shape index (κ1) is 14.9. The first-order valence-corrected chi connectivity index (χ1v) is 7.64. The van der Waals surface area contributed by atoms with Gasteiger partial charge in [0, 0.05) is 18.7 Å². The normalized spacial score (nSPS) is 22.1. The monoisotopic (exact) mass is 299 g/mol. The second-order valence-corrected chi connectivity index (χ2v) is 6.07. The fourth-order valence-corrected chi connectivity index (χ4v) is 2.89. The molecule has 22 heavy (non-hydrogen) atoms. The summed E-state index contributed by atoms with van der Waals surface area (Å²) in [6.45, 7) is 9.11. The molecule has 5 heteroatoms. The van der Waals surface area contributed by atoms with E-state index in [1.165, 1.54) is 0 Å². The van der Waals surface area contributed by atoms with E-state index in [1.807, 2.05) is 50.8 Å². The Morgan fingerprint density at radius 3 is 2.32 bits per heavy atom. The van der Waals surface area contributed by atoms with Crippen LogP contribution in [-0.2, 0) is 4.74 Å². The van der Waals surface area contributed by atoms with Crippen molar-refractivity contribution in [3.8, 4) is 0 Å². The van der Waals surface area contributed by atoms with Gasteiger partial charge in [0.1, 0.15) is 0 Å². The first-order valence-electron chi connectivity index (χ1n) is 7.64. The maximum Gasteiger partial charge on any atom is 0.254 e. The predicted octanol–water partition coefficient (Wildman–Crippen LogP) is 2.50. The highest BCUT2D eigenvalue weighted by Gasteiger charge is 2.26. The molecule has 0 radical (unpaired) electrons. The Morgan fingerprint density at radius 2 is 1.68 bits per heavy atom. The van der Waals surface area contributed by atoms with Crippen LogP contribution in [0.4, 0.5) is 0 Å². The standard InChI is InChI=1S/C17H21N3O2/c1-10-8-20(9-11(2)22-10)17(21)14-5-6-15-16(7-14)19-13(4)12(3)18-15/h5-7,10-11H,8-9H2,1-4H3/t10-,11-/m1/s1. The van der Waals surface area contributed by atoms with Gasteiger partial charge in [0.05, 0.1) is 34.6 Å². The molecule has 0 N–H and O–H groups in total. The summed E-state index contributed by atoms with van der Waals surface area (Å²) < 4.78 is 5.69. The minimum atomic E-state index is 0.0314. The number of fused-ring (bicyclic) bond motifs is 1. The van der Waals surface area contributed by atoms with E-state index >= 15 is 0 Å².